The Morgan fingerprint density at radius 2 is 1.97 bits per heavy atom. The number of nitrogens with one attached hydrogen (secondary N) is 1. The maximum absolute atomic E-state index is 12.4. The van der Waals surface area contributed by atoms with Gasteiger partial charge in [0.05, 0.1) is 29.9 Å². The molecular formula is C21H19F3N4O5. The van der Waals surface area contributed by atoms with Crippen molar-refractivity contribution < 1.29 is 37.3 Å². The predicted molar refractivity (Wildman–Crippen MR) is 109 cm³/mol. The molecule has 9 nitrogen and oxygen atoms in total. The molecule has 3 rings (SSSR count). The van der Waals surface area contributed by atoms with E-state index in [1.807, 2.05) is 0 Å². The van der Waals surface area contributed by atoms with Gasteiger partial charge in [0, 0.05) is 11.8 Å². The Morgan fingerprint density at radius 1 is 1.27 bits per heavy atom. The maximum Gasteiger partial charge on any atom is 0.573 e. The zero-order chi connectivity index (χ0) is 24.2. The summed E-state index contributed by atoms with van der Waals surface area (Å²) < 4.78 is 47.4. The van der Waals surface area contributed by atoms with Crippen LogP contribution in [0.25, 0.3) is 16.7 Å². The fourth-order valence-corrected chi connectivity index (χ4v) is 3.05. The zero-order valence-electron chi connectivity index (χ0n) is 17.3. The van der Waals surface area contributed by atoms with E-state index in [-0.39, 0.29) is 35.4 Å². The molecule has 2 heterocycles. The first-order valence-electron chi connectivity index (χ1n) is 9.62. The molecule has 0 aliphatic heterocycles. The van der Waals surface area contributed by atoms with Gasteiger partial charge in [-0.05, 0) is 43.3 Å². The van der Waals surface area contributed by atoms with E-state index >= 15 is 0 Å². The van der Waals surface area contributed by atoms with Crippen molar-refractivity contribution in [3.8, 4) is 11.4 Å². The summed E-state index contributed by atoms with van der Waals surface area (Å²) in [6.45, 7) is 4.91. The van der Waals surface area contributed by atoms with Crippen molar-refractivity contribution in [1.82, 2.24) is 20.1 Å². The summed E-state index contributed by atoms with van der Waals surface area (Å²) in [7, 11) is 0. The second-order valence-corrected chi connectivity index (χ2v) is 6.58. The number of benzene rings is 1. The van der Waals surface area contributed by atoms with Gasteiger partial charge < -0.3 is 19.9 Å². The molecule has 3 aromatic rings. The Hall–Kier alpha value is -3.93. The van der Waals surface area contributed by atoms with Crippen LogP contribution in [-0.4, -0.2) is 44.7 Å². The van der Waals surface area contributed by atoms with Gasteiger partial charge in [0.2, 0.25) is 5.91 Å². The minimum absolute atomic E-state index is 0.0535. The number of nitrogens with zero attached hydrogens (tertiary/aromatic N) is 3. The highest BCUT2D eigenvalue weighted by atomic mass is 19.4. The average molecular weight is 464 g/mol. The largest absolute Gasteiger partial charge is 0.573 e. The molecule has 12 heteroatoms. The maximum atomic E-state index is 12.4. The first-order valence-corrected chi connectivity index (χ1v) is 9.62. The second kappa shape index (κ2) is 9.69. The number of aliphatic hydroxyl groups is 1. The van der Waals surface area contributed by atoms with Crippen molar-refractivity contribution in [2.75, 3.05) is 6.61 Å². The number of aliphatic hydroxyl groups excluding tert-OH is 1. The van der Waals surface area contributed by atoms with E-state index in [2.05, 4.69) is 26.7 Å². The molecule has 0 aliphatic rings. The third-order valence-corrected chi connectivity index (χ3v) is 4.41. The topological polar surface area (TPSA) is 116 Å². The van der Waals surface area contributed by atoms with Crippen LogP contribution < -0.4 is 10.1 Å². The third-order valence-electron chi connectivity index (χ3n) is 4.41. The van der Waals surface area contributed by atoms with E-state index < -0.39 is 30.1 Å². The molecule has 0 saturated heterocycles. The fourth-order valence-electron chi connectivity index (χ4n) is 3.05. The standard InChI is InChI=1S/C21H19F3N4O5/c1-3-16(29)26-11-15-17-14(18(30)20(31)32-4-2)9-10-25-19(17)28(27-15)12-5-7-13(8-6-12)33-21(22,23)24/h3,5-10,18,30H,1,4,11H2,2H3,(H,26,29)/t18-/m0/s1. The van der Waals surface area contributed by atoms with Crippen molar-refractivity contribution >= 4 is 22.9 Å². The fraction of sp³-hybridized carbons (Fsp3) is 0.238. The molecule has 2 aromatic heterocycles. The molecule has 0 spiro atoms. The molecule has 0 bridgehead atoms. The lowest BCUT2D eigenvalue weighted by Gasteiger charge is -2.12. The van der Waals surface area contributed by atoms with Gasteiger partial charge in [-0.3, -0.25) is 4.79 Å². The summed E-state index contributed by atoms with van der Waals surface area (Å²) in [6, 6.07) is 6.28. The Bertz CT molecular complexity index is 1180. The minimum Gasteiger partial charge on any atom is -0.464 e. The number of rotatable bonds is 8. The van der Waals surface area contributed by atoms with Crippen molar-refractivity contribution in [2.45, 2.75) is 25.9 Å². The van der Waals surface area contributed by atoms with Crippen molar-refractivity contribution in [3.63, 3.8) is 0 Å². The number of esters is 1. The number of hydrogen-bond acceptors (Lipinski definition) is 7. The first-order chi connectivity index (χ1) is 15.6. The van der Waals surface area contributed by atoms with E-state index in [0.717, 1.165) is 18.2 Å². The summed E-state index contributed by atoms with van der Waals surface area (Å²) in [5.41, 5.74) is 0.918. The second-order valence-electron chi connectivity index (χ2n) is 6.58. The Labute approximate surface area is 185 Å². The number of ether oxygens (including phenoxy) is 2. The van der Waals surface area contributed by atoms with Gasteiger partial charge in [0.15, 0.2) is 11.8 Å². The molecule has 0 fully saturated rings. The number of fused-ring (bicyclic) bond motifs is 1. The molecule has 0 aliphatic carbocycles. The summed E-state index contributed by atoms with van der Waals surface area (Å²) >= 11 is 0. The summed E-state index contributed by atoms with van der Waals surface area (Å²) in [5.74, 6) is -1.79. The number of pyridine rings is 1. The number of carbonyl (C=O) groups excluding carboxylic acids is 2. The third kappa shape index (κ3) is 5.47. The van der Waals surface area contributed by atoms with Crippen molar-refractivity contribution in [1.29, 1.82) is 0 Å². The quantitative estimate of drug-likeness (QED) is 0.389. The Morgan fingerprint density at radius 3 is 2.58 bits per heavy atom. The van der Waals surface area contributed by atoms with Gasteiger partial charge >= 0.3 is 12.3 Å². The highest BCUT2D eigenvalue weighted by Crippen LogP contribution is 2.30. The smallest absolute Gasteiger partial charge is 0.464 e. The van der Waals surface area contributed by atoms with Crippen LogP contribution >= 0.6 is 0 Å². The number of aromatic nitrogens is 3. The molecule has 0 unspecified atom stereocenters. The van der Waals surface area contributed by atoms with Crippen molar-refractivity contribution in [2.24, 2.45) is 0 Å². The van der Waals surface area contributed by atoms with E-state index in [4.69, 9.17) is 4.74 Å². The Balaban J connectivity index is 2.10. The first kappa shape index (κ1) is 23.7. The highest BCUT2D eigenvalue weighted by molar-refractivity contribution is 5.90. The lowest BCUT2D eigenvalue weighted by Crippen LogP contribution is -2.21. The molecule has 1 atom stereocenters. The molecule has 1 amide bonds. The Kier molecular flexibility index (Phi) is 6.97. The summed E-state index contributed by atoms with van der Waals surface area (Å²) in [4.78, 5) is 28.0. The monoisotopic (exact) mass is 464 g/mol. The number of amides is 1. The van der Waals surface area contributed by atoms with Crippen LogP contribution in [0.4, 0.5) is 13.2 Å². The van der Waals surface area contributed by atoms with Crippen LogP contribution in [0.5, 0.6) is 5.75 Å². The summed E-state index contributed by atoms with van der Waals surface area (Å²) in [6.07, 6.45) is -4.09. The minimum atomic E-state index is -4.84. The highest BCUT2D eigenvalue weighted by Gasteiger charge is 2.31. The van der Waals surface area contributed by atoms with Gasteiger partial charge in [0.1, 0.15) is 5.75 Å². The average Bonchev–Trinajstić information content (AvgIpc) is 3.15. The lowest BCUT2D eigenvalue weighted by molar-refractivity contribution is -0.274. The zero-order valence-corrected chi connectivity index (χ0v) is 17.3. The van der Waals surface area contributed by atoms with E-state index in [1.165, 1.54) is 29.1 Å². The van der Waals surface area contributed by atoms with Crippen LogP contribution in [0.15, 0.2) is 49.2 Å². The number of alkyl halides is 3. The predicted octanol–water partition coefficient (Wildman–Crippen LogP) is 2.72. The summed E-state index contributed by atoms with van der Waals surface area (Å²) in [5, 5.41) is 17.8. The van der Waals surface area contributed by atoms with Crippen LogP contribution in [0, 0.1) is 0 Å². The van der Waals surface area contributed by atoms with Gasteiger partial charge in [-0.15, -0.1) is 13.2 Å². The van der Waals surface area contributed by atoms with Gasteiger partial charge in [0.25, 0.3) is 0 Å². The molecule has 0 radical (unpaired) electrons. The normalized spacial score (nSPS) is 12.3. The van der Waals surface area contributed by atoms with E-state index in [1.54, 1.807) is 6.92 Å². The van der Waals surface area contributed by atoms with E-state index in [9.17, 15) is 27.9 Å². The molecule has 2 N–H and O–H groups in total. The van der Waals surface area contributed by atoms with Crippen molar-refractivity contribution in [3.05, 3.63) is 60.4 Å². The van der Waals surface area contributed by atoms with Crippen LogP contribution in [-0.2, 0) is 20.9 Å². The lowest BCUT2D eigenvalue weighted by atomic mass is 10.1. The van der Waals surface area contributed by atoms with Crippen LogP contribution in [0.2, 0.25) is 0 Å². The van der Waals surface area contributed by atoms with Gasteiger partial charge in [-0.1, -0.05) is 6.58 Å². The number of hydrogen-bond donors (Lipinski definition) is 2. The van der Waals surface area contributed by atoms with Gasteiger partial charge in [-0.25, -0.2) is 14.5 Å². The van der Waals surface area contributed by atoms with Crippen LogP contribution in [0.3, 0.4) is 0 Å². The molecule has 1 aromatic carbocycles. The molecular weight excluding hydrogens is 445 g/mol. The molecule has 0 saturated carbocycles. The number of halogens is 3. The molecule has 174 valence electrons. The van der Waals surface area contributed by atoms with E-state index in [0.29, 0.717) is 5.69 Å². The number of carbonyl (C=O) groups is 2. The van der Waals surface area contributed by atoms with Crippen LogP contribution in [0.1, 0.15) is 24.3 Å². The van der Waals surface area contributed by atoms with Gasteiger partial charge in [-0.2, -0.15) is 5.10 Å². The SMILES string of the molecule is C=CC(=O)NCc1nn(-c2ccc(OC(F)(F)F)cc2)c2nccc([C@H](O)C(=O)OCC)c12. The molecule has 33 heavy (non-hydrogen) atoms.